The Kier molecular flexibility index (Phi) is 3.31. The average Bonchev–Trinajstić information content (AvgIpc) is 2.93. The van der Waals surface area contributed by atoms with Crippen LogP contribution in [0.1, 0.15) is 91.9 Å². The molecule has 0 aromatic heterocycles. The molecule has 0 saturated heterocycles. The fourth-order valence-electron chi connectivity index (χ4n) is 6.71. The molecule has 0 heteroatoms. The molecule has 3 fully saturated rings. The molecule has 3 saturated carbocycles. The normalized spacial score (nSPS) is 48.6. The summed E-state index contributed by atoms with van der Waals surface area (Å²) in [6.07, 6.45) is 15.0. The lowest BCUT2D eigenvalue weighted by Crippen LogP contribution is -2.41. The van der Waals surface area contributed by atoms with Crippen molar-refractivity contribution in [3.05, 3.63) is 0 Å². The van der Waals surface area contributed by atoms with Gasteiger partial charge in [-0.25, -0.2) is 0 Å². The van der Waals surface area contributed by atoms with Gasteiger partial charge in [0, 0.05) is 0 Å². The van der Waals surface area contributed by atoms with Crippen LogP contribution in [0.2, 0.25) is 0 Å². The van der Waals surface area contributed by atoms with Gasteiger partial charge in [0.15, 0.2) is 0 Å². The summed E-state index contributed by atoms with van der Waals surface area (Å²) in [6.45, 7) is 10.2. The quantitative estimate of drug-likeness (QED) is 0.556. The van der Waals surface area contributed by atoms with Gasteiger partial charge < -0.3 is 0 Å². The van der Waals surface area contributed by atoms with Gasteiger partial charge in [0.1, 0.15) is 0 Å². The minimum absolute atomic E-state index is 0.604. The molecule has 1 spiro atoms. The molecule has 0 aromatic carbocycles. The maximum Gasteiger partial charge on any atom is -0.0202 e. The number of hydrogen-bond donors (Lipinski definition) is 0. The highest BCUT2D eigenvalue weighted by Crippen LogP contribution is 2.78. The lowest BCUT2D eigenvalue weighted by Gasteiger charge is -2.49. The van der Waals surface area contributed by atoms with Crippen LogP contribution < -0.4 is 0 Å². The second kappa shape index (κ2) is 4.50. The van der Waals surface area contributed by atoms with E-state index in [1.165, 1.54) is 51.4 Å². The van der Waals surface area contributed by atoms with E-state index in [-0.39, 0.29) is 0 Å². The molecule has 0 bridgehead atoms. The molecule has 0 heterocycles. The Morgan fingerprint density at radius 3 is 2.42 bits per heavy atom. The zero-order valence-corrected chi connectivity index (χ0v) is 13.7. The van der Waals surface area contributed by atoms with Gasteiger partial charge in [0.05, 0.1) is 0 Å². The van der Waals surface area contributed by atoms with Gasteiger partial charge in [-0.2, -0.15) is 0 Å². The van der Waals surface area contributed by atoms with Gasteiger partial charge in [-0.1, -0.05) is 66.2 Å². The van der Waals surface area contributed by atoms with Gasteiger partial charge >= 0.3 is 0 Å². The average molecular weight is 262 g/mol. The van der Waals surface area contributed by atoms with Crippen molar-refractivity contribution in [2.75, 3.05) is 0 Å². The summed E-state index contributed by atoms with van der Waals surface area (Å²) in [5.74, 6) is 2.10. The van der Waals surface area contributed by atoms with Gasteiger partial charge in [-0.15, -0.1) is 0 Å². The molecule has 19 heavy (non-hydrogen) atoms. The molecule has 0 aromatic rings. The van der Waals surface area contributed by atoms with Crippen LogP contribution in [0, 0.1) is 28.1 Å². The maximum absolute atomic E-state index is 2.62. The van der Waals surface area contributed by atoms with E-state index in [2.05, 4.69) is 27.7 Å². The summed E-state index contributed by atoms with van der Waals surface area (Å²) >= 11 is 0. The summed E-state index contributed by atoms with van der Waals surface area (Å²) < 4.78 is 0. The zero-order valence-electron chi connectivity index (χ0n) is 13.7. The Morgan fingerprint density at radius 2 is 1.68 bits per heavy atom. The van der Waals surface area contributed by atoms with E-state index in [0.717, 1.165) is 17.3 Å². The van der Waals surface area contributed by atoms with Crippen molar-refractivity contribution in [1.82, 2.24) is 0 Å². The topological polar surface area (TPSA) is 0 Å². The first kappa shape index (κ1) is 14.0. The van der Waals surface area contributed by atoms with E-state index in [1.54, 1.807) is 12.8 Å². The molecule has 3 aliphatic carbocycles. The van der Waals surface area contributed by atoms with Crippen LogP contribution >= 0.6 is 0 Å². The van der Waals surface area contributed by atoms with Crippen molar-refractivity contribution in [2.45, 2.75) is 91.9 Å². The van der Waals surface area contributed by atoms with Crippen LogP contribution in [0.25, 0.3) is 0 Å². The standard InChI is InChI=1S/C19H34/c1-5-11-18(4)14-19(18)13-8-10-15-9-6-7-12-17(2,3)16(15)19/h15-16H,5-14H2,1-4H3. The first-order valence-corrected chi connectivity index (χ1v) is 8.95. The van der Waals surface area contributed by atoms with Crippen LogP contribution in [0.3, 0.4) is 0 Å². The van der Waals surface area contributed by atoms with Crippen LogP contribution in [-0.4, -0.2) is 0 Å². The van der Waals surface area contributed by atoms with E-state index in [9.17, 15) is 0 Å². The molecular formula is C19H34. The summed E-state index contributed by atoms with van der Waals surface area (Å²) in [4.78, 5) is 0. The Balaban J connectivity index is 1.92. The lowest BCUT2D eigenvalue weighted by molar-refractivity contribution is -0.00119. The molecule has 0 radical (unpaired) electrons. The van der Waals surface area contributed by atoms with E-state index < -0.39 is 0 Å². The van der Waals surface area contributed by atoms with Crippen LogP contribution in [0.5, 0.6) is 0 Å². The third-order valence-electron chi connectivity index (χ3n) is 7.34. The smallest absolute Gasteiger partial charge is 0.0202 e. The van der Waals surface area contributed by atoms with Crippen molar-refractivity contribution in [3.8, 4) is 0 Å². The molecule has 4 unspecified atom stereocenters. The third kappa shape index (κ3) is 2.00. The van der Waals surface area contributed by atoms with Gasteiger partial charge in [-0.3, -0.25) is 0 Å². The predicted octanol–water partition coefficient (Wildman–Crippen LogP) is 6.20. The second-order valence-corrected chi connectivity index (χ2v) is 9.01. The van der Waals surface area contributed by atoms with Gasteiger partial charge in [0.2, 0.25) is 0 Å². The van der Waals surface area contributed by atoms with Crippen molar-refractivity contribution >= 4 is 0 Å². The molecule has 0 N–H and O–H groups in total. The highest BCUT2D eigenvalue weighted by molar-refractivity contribution is 5.19. The highest BCUT2D eigenvalue weighted by atomic mass is 14.7. The van der Waals surface area contributed by atoms with Gasteiger partial charge in [0.25, 0.3) is 0 Å². The summed E-state index contributed by atoms with van der Waals surface area (Å²) in [5.41, 5.74) is 2.06. The first-order chi connectivity index (χ1) is 8.95. The molecule has 0 nitrogen and oxygen atoms in total. The molecule has 0 aliphatic heterocycles. The minimum atomic E-state index is 0.604. The van der Waals surface area contributed by atoms with E-state index in [0.29, 0.717) is 10.8 Å². The zero-order chi connectivity index (χ0) is 13.7. The first-order valence-electron chi connectivity index (χ1n) is 8.95. The highest BCUT2D eigenvalue weighted by Gasteiger charge is 2.70. The summed E-state index contributed by atoms with van der Waals surface area (Å²) in [6, 6.07) is 0. The second-order valence-electron chi connectivity index (χ2n) is 9.01. The van der Waals surface area contributed by atoms with Crippen LogP contribution in [-0.2, 0) is 0 Å². The molecule has 3 rings (SSSR count). The van der Waals surface area contributed by atoms with Crippen LogP contribution in [0.4, 0.5) is 0 Å². The Labute approximate surface area is 120 Å². The van der Waals surface area contributed by atoms with Crippen molar-refractivity contribution < 1.29 is 0 Å². The molecular weight excluding hydrogens is 228 g/mol. The minimum Gasteiger partial charge on any atom is -0.0654 e. The fraction of sp³-hybridized carbons (Fsp3) is 1.00. The summed E-state index contributed by atoms with van der Waals surface area (Å²) in [7, 11) is 0. The van der Waals surface area contributed by atoms with Gasteiger partial charge in [-0.05, 0) is 53.8 Å². The Morgan fingerprint density at radius 1 is 0.947 bits per heavy atom. The van der Waals surface area contributed by atoms with Crippen molar-refractivity contribution in [1.29, 1.82) is 0 Å². The SMILES string of the molecule is CCCC1(C)CC12CCCC1CCCCC(C)(C)C12. The van der Waals surface area contributed by atoms with E-state index in [1.807, 2.05) is 0 Å². The molecule has 3 aliphatic rings. The van der Waals surface area contributed by atoms with E-state index in [4.69, 9.17) is 0 Å². The number of hydrogen-bond acceptors (Lipinski definition) is 0. The third-order valence-corrected chi connectivity index (χ3v) is 7.34. The lowest BCUT2D eigenvalue weighted by atomic mass is 9.56. The largest absolute Gasteiger partial charge is 0.0654 e. The van der Waals surface area contributed by atoms with E-state index >= 15 is 0 Å². The predicted molar refractivity (Wildman–Crippen MR) is 83.1 cm³/mol. The summed E-state index contributed by atoms with van der Waals surface area (Å²) in [5, 5.41) is 0. The molecule has 0 amide bonds. The molecule has 110 valence electrons. The number of rotatable bonds is 2. The van der Waals surface area contributed by atoms with Crippen LogP contribution in [0.15, 0.2) is 0 Å². The molecule has 4 atom stereocenters. The number of fused-ring (bicyclic) bond motifs is 2. The monoisotopic (exact) mass is 262 g/mol. The Hall–Kier alpha value is 0. The van der Waals surface area contributed by atoms with Crippen molar-refractivity contribution in [3.63, 3.8) is 0 Å². The maximum atomic E-state index is 2.62. The fourth-order valence-corrected chi connectivity index (χ4v) is 6.71. The Bertz CT molecular complexity index is 342. The van der Waals surface area contributed by atoms with Crippen molar-refractivity contribution in [2.24, 2.45) is 28.1 Å².